The number of nitriles is 1. The van der Waals surface area contributed by atoms with Crippen LogP contribution in [0.3, 0.4) is 0 Å². The molecule has 8 nitrogen and oxygen atoms in total. The Labute approximate surface area is 212 Å². The van der Waals surface area contributed by atoms with Gasteiger partial charge in [0.25, 0.3) is 0 Å². The molecule has 2 heterocycles. The molecule has 1 aliphatic heterocycles. The van der Waals surface area contributed by atoms with E-state index in [0.717, 1.165) is 5.69 Å². The zero-order valence-corrected chi connectivity index (χ0v) is 20.6. The Bertz CT molecular complexity index is 1450. The smallest absolute Gasteiger partial charge is 0.395 e. The average Bonchev–Trinajstić information content (AvgIpc) is 3.46. The van der Waals surface area contributed by atoms with Crippen LogP contribution in [-0.2, 0) is 22.2 Å². The first-order chi connectivity index (χ1) is 17.4. The van der Waals surface area contributed by atoms with Crippen LogP contribution in [0.5, 0.6) is 11.5 Å². The molecule has 1 aliphatic carbocycles. The van der Waals surface area contributed by atoms with E-state index in [1.807, 2.05) is 31.4 Å². The second-order valence-corrected chi connectivity index (χ2v) is 10.7. The highest BCUT2D eigenvalue weighted by Gasteiger charge is 2.52. The van der Waals surface area contributed by atoms with E-state index in [4.69, 9.17) is 0 Å². The fourth-order valence-electron chi connectivity index (χ4n) is 4.92. The predicted octanol–water partition coefficient (Wildman–Crippen LogP) is 4.16. The molecule has 0 radical (unpaired) electrons. The summed E-state index contributed by atoms with van der Waals surface area (Å²) in [5.41, 5.74) is 1.54. The Morgan fingerprint density at radius 2 is 1.89 bits per heavy atom. The van der Waals surface area contributed by atoms with Crippen molar-refractivity contribution in [3.05, 3.63) is 53.2 Å². The zero-order valence-electron chi connectivity index (χ0n) is 20.6. The van der Waals surface area contributed by atoms with Gasteiger partial charge in [0.2, 0.25) is 5.91 Å². The van der Waals surface area contributed by atoms with Crippen molar-refractivity contribution in [2.45, 2.75) is 63.4 Å². The molecule has 0 unspecified atom stereocenters. The normalized spacial score (nSPS) is 17.9. The van der Waals surface area contributed by atoms with Crippen molar-refractivity contribution in [3.8, 4) is 17.6 Å². The number of hydrogen-bond acceptors (Lipinski definition) is 6. The molecule has 2 aliphatic rings. The number of benzene rings is 2. The van der Waals surface area contributed by atoms with Gasteiger partial charge in [0.1, 0.15) is 6.07 Å². The van der Waals surface area contributed by atoms with E-state index in [0.29, 0.717) is 40.6 Å². The Kier molecular flexibility index (Phi) is 5.69. The van der Waals surface area contributed by atoms with E-state index >= 15 is 0 Å². The third-order valence-corrected chi connectivity index (χ3v) is 6.88. The van der Waals surface area contributed by atoms with Gasteiger partial charge in [-0.1, -0.05) is 26.8 Å². The van der Waals surface area contributed by atoms with Crippen molar-refractivity contribution in [2.24, 2.45) is 0 Å². The van der Waals surface area contributed by atoms with Gasteiger partial charge in [-0.2, -0.15) is 5.26 Å². The number of nitrogens with one attached hydrogen (secondary N) is 1. The number of hydrogen-bond donors (Lipinski definition) is 3. The molecule has 194 valence electrons. The number of carbonyl (C=O) groups excluding carboxylic acids is 1. The highest BCUT2D eigenvalue weighted by molar-refractivity contribution is 6.03. The van der Waals surface area contributed by atoms with Crippen LogP contribution in [0.4, 0.5) is 14.5 Å². The van der Waals surface area contributed by atoms with Gasteiger partial charge >= 0.3 is 6.29 Å². The van der Waals surface area contributed by atoms with E-state index in [1.165, 1.54) is 12.1 Å². The molecule has 0 saturated heterocycles. The molecule has 2 aromatic carbocycles. The summed E-state index contributed by atoms with van der Waals surface area (Å²) in [6, 6.07) is 11.8. The van der Waals surface area contributed by atoms with Crippen molar-refractivity contribution in [1.82, 2.24) is 4.57 Å². The number of alkyl halides is 2. The number of halogens is 2. The first-order valence-corrected chi connectivity index (χ1v) is 12.0. The molecule has 1 saturated carbocycles. The van der Waals surface area contributed by atoms with Gasteiger partial charge in [-0.25, -0.2) is 0 Å². The molecule has 1 aromatic heterocycles. The lowest BCUT2D eigenvalue weighted by Crippen LogP contribution is -2.28. The minimum absolute atomic E-state index is 0.0837. The molecule has 0 bridgehead atoms. The van der Waals surface area contributed by atoms with Crippen molar-refractivity contribution < 1.29 is 33.3 Å². The van der Waals surface area contributed by atoms with E-state index in [2.05, 4.69) is 20.9 Å². The number of anilines is 1. The van der Waals surface area contributed by atoms with Crippen molar-refractivity contribution in [3.63, 3.8) is 0 Å². The first kappa shape index (κ1) is 25.0. The van der Waals surface area contributed by atoms with Gasteiger partial charge < -0.3 is 29.6 Å². The van der Waals surface area contributed by atoms with Crippen LogP contribution in [0.2, 0.25) is 0 Å². The fourth-order valence-corrected chi connectivity index (χ4v) is 4.92. The molecule has 37 heavy (non-hydrogen) atoms. The summed E-state index contributed by atoms with van der Waals surface area (Å²) in [5.74, 6) is -0.511. The Morgan fingerprint density at radius 1 is 1.19 bits per heavy atom. The Hall–Kier alpha value is -3.68. The first-order valence-electron chi connectivity index (χ1n) is 12.0. The molecule has 3 N–H and O–H groups in total. The number of fused-ring (bicyclic) bond motifs is 2. The lowest BCUT2D eigenvalue weighted by molar-refractivity contribution is -0.286. The molecule has 5 rings (SSSR count). The van der Waals surface area contributed by atoms with Crippen LogP contribution in [-0.4, -0.2) is 39.7 Å². The Morgan fingerprint density at radius 3 is 2.51 bits per heavy atom. The zero-order chi connectivity index (χ0) is 26.8. The standard InChI is InChI=1S/C27H27F2N3O5/c1-25(2,3)22-10-15-8-18(9-16(12-30)23(15)32(22)13-19(34)14-33)31-24(35)26(6-7-26)17-4-5-20-21(11-17)37-27(28,29)36-20/h4-5,8-11,19,33-34H,6-7,13-14H2,1-3H3,(H,31,35)/t19-/m1/s1. The average molecular weight is 512 g/mol. The van der Waals surface area contributed by atoms with Crippen LogP contribution in [0.1, 0.15) is 50.4 Å². The molecule has 1 atom stereocenters. The quantitative estimate of drug-likeness (QED) is 0.458. The second kappa shape index (κ2) is 8.43. The minimum atomic E-state index is -3.74. The highest BCUT2D eigenvalue weighted by Crippen LogP contribution is 2.52. The topological polar surface area (TPSA) is 117 Å². The summed E-state index contributed by atoms with van der Waals surface area (Å²) >= 11 is 0. The molecule has 10 heteroatoms. The maximum Gasteiger partial charge on any atom is 0.586 e. The van der Waals surface area contributed by atoms with Crippen LogP contribution in [0.15, 0.2) is 36.4 Å². The van der Waals surface area contributed by atoms with Gasteiger partial charge in [-0.05, 0) is 48.7 Å². The summed E-state index contributed by atoms with van der Waals surface area (Å²) < 4.78 is 37.7. The number of aromatic nitrogens is 1. The van der Waals surface area contributed by atoms with Crippen molar-refractivity contribution >= 4 is 22.5 Å². The van der Waals surface area contributed by atoms with E-state index in [-0.39, 0.29) is 29.4 Å². The lowest BCUT2D eigenvalue weighted by atomic mass is 9.92. The summed E-state index contributed by atoms with van der Waals surface area (Å²) in [7, 11) is 0. The van der Waals surface area contributed by atoms with Gasteiger partial charge in [0, 0.05) is 22.2 Å². The summed E-state index contributed by atoms with van der Waals surface area (Å²) in [4.78, 5) is 13.4. The van der Waals surface area contributed by atoms with Crippen LogP contribution < -0.4 is 14.8 Å². The van der Waals surface area contributed by atoms with E-state index in [1.54, 1.807) is 18.2 Å². The van der Waals surface area contributed by atoms with Crippen LogP contribution in [0, 0.1) is 11.3 Å². The molecular weight excluding hydrogens is 484 g/mol. The van der Waals surface area contributed by atoms with Gasteiger partial charge in [0.15, 0.2) is 11.5 Å². The maximum absolute atomic E-state index is 13.4. The van der Waals surface area contributed by atoms with Crippen molar-refractivity contribution in [2.75, 3.05) is 11.9 Å². The van der Waals surface area contributed by atoms with Gasteiger partial charge in [0.05, 0.1) is 35.8 Å². The molecule has 1 fully saturated rings. The summed E-state index contributed by atoms with van der Waals surface area (Å²) in [5, 5.41) is 33.1. The number of carbonyl (C=O) groups is 1. The highest BCUT2D eigenvalue weighted by atomic mass is 19.3. The Balaban J connectivity index is 1.49. The maximum atomic E-state index is 13.4. The second-order valence-electron chi connectivity index (χ2n) is 10.7. The lowest BCUT2D eigenvalue weighted by Gasteiger charge is -2.23. The molecule has 1 amide bonds. The monoisotopic (exact) mass is 511 g/mol. The fraction of sp³-hybridized carbons (Fsp3) is 0.407. The number of amides is 1. The van der Waals surface area contributed by atoms with Crippen LogP contribution >= 0.6 is 0 Å². The van der Waals surface area contributed by atoms with Gasteiger partial charge in [-0.3, -0.25) is 4.79 Å². The predicted molar refractivity (Wildman–Crippen MR) is 131 cm³/mol. The molecule has 3 aromatic rings. The van der Waals surface area contributed by atoms with Gasteiger partial charge in [-0.15, -0.1) is 8.78 Å². The van der Waals surface area contributed by atoms with Crippen molar-refractivity contribution in [1.29, 1.82) is 5.26 Å². The third-order valence-electron chi connectivity index (χ3n) is 6.88. The molecular formula is C27H27F2N3O5. The number of aliphatic hydroxyl groups is 2. The number of aliphatic hydroxyl groups excluding tert-OH is 2. The molecule has 0 spiro atoms. The van der Waals surface area contributed by atoms with Crippen LogP contribution in [0.25, 0.3) is 10.9 Å². The number of ether oxygens (including phenoxy) is 2. The summed E-state index contributed by atoms with van der Waals surface area (Å²) in [6.45, 7) is 5.72. The minimum Gasteiger partial charge on any atom is -0.395 e. The number of rotatable bonds is 6. The third kappa shape index (κ3) is 4.38. The number of nitrogens with zero attached hydrogens (tertiary/aromatic N) is 2. The van der Waals surface area contributed by atoms with E-state index < -0.39 is 24.4 Å². The largest absolute Gasteiger partial charge is 0.586 e. The summed E-state index contributed by atoms with van der Waals surface area (Å²) in [6.07, 6.45) is -3.67. The SMILES string of the molecule is CC(C)(C)c1cc2cc(NC(=O)C3(c4ccc5c(c4)OC(F)(F)O5)CC3)cc(C#N)c2n1C[C@@H](O)CO. The van der Waals surface area contributed by atoms with E-state index in [9.17, 15) is 29.1 Å².